The molecular weight excluding hydrogens is 212 g/mol. The lowest BCUT2D eigenvalue weighted by Crippen LogP contribution is -2.29. The summed E-state index contributed by atoms with van der Waals surface area (Å²) in [6.07, 6.45) is 0.715. The number of hydrogen-bond donors (Lipinski definition) is 2. The molecule has 0 aliphatic carbocycles. The molecule has 5 heteroatoms. The second kappa shape index (κ2) is 3.59. The Morgan fingerprint density at radius 2 is 2.20 bits per heavy atom. The first kappa shape index (κ1) is 10.6. The Balaban J connectivity index is 2.65. The summed E-state index contributed by atoms with van der Waals surface area (Å²) >= 11 is 0. The fraction of sp³-hybridized carbons (Fsp3) is 0.400. The second-order valence-electron chi connectivity index (χ2n) is 3.79. The Hall–Kier alpha value is -0.910. The third-order valence-corrected chi connectivity index (χ3v) is 3.76. The predicted octanol–water partition coefficient (Wildman–Crippen LogP) is 0.541. The summed E-state index contributed by atoms with van der Waals surface area (Å²) in [5.41, 5.74) is 1.90. The highest BCUT2D eigenvalue weighted by molar-refractivity contribution is 7.89. The van der Waals surface area contributed by atoms with E-state index in [4.69, 9.17) is 5.14 Å². The highest BCUT2D eigenvalue weighted by Crippen LogP contribution is 2.27. The predicted molar refractivity (Wildman–Crippen MR) is 57.9 cm³/mol. The first-order valence-corrected chi connectivity index (χ1v) is 6.43. The van der Waals surface area contributed by atoms with Crippen LogP contribution in [0.3, 0.4) is 0 Å². The van der Waals surface area contributed by atoms with E-state index in [1.54, 1.807) is 12.1 Å². The molecule has 3 N–H and O–H groups in total. The van der Waals surface area contributed by atoms with Crippen LogP contribution in [-0.4, -0.2) is 15.0 Å². The van der Waals surface area contributed by atoms with Crippen molar-refractivity contribution in [3.8, 4) is 0 Å². The van der Waals surface area contributed by atoms with Gasteiger partial charge in [0.05, 0.1) is 4.90 Å². The number of nitrogens with one attached hydrogen (secondary N) is 1. The summed E-state index contributed by atoms with van der Waals surface area (Å²) in [6.45, 7) is 2.81. The topological polar surface area (TPSA) is 72.2 Å². The van der Waals surface area contributed by atoms with Crippen molar-refractivity contribution in [1.82, 2.24) is 5.32 Å². The highest BCUT2D eigenvalue weighted by atomic mass is 32.2. The Kier molecular flexibility index (Phi) is 2.54. The maximum absolute atomic E-state index is 11.4. The van der Waals surface area contributed by atoms with Gasteiger partial charge in [0.25, 0.3) is 0 Å². The molecule has 4 nitrogen and oxygen atoms in total. The molecule has 0 amide bonds. The van der Waals surface area contributed by atoms with Crippen molar-refractivity contribution in [2.75, 3.05) is 6.54 Å². The van der Waals surface area contributed by atoms with Gasteiger partial charge < -0.3 is 5.32 Å². The molecule has 1 unspecified atom stereocenters. The van der Waals surface area contributed by atoms with Gasteiger partial charge in [-0.25, -0.2) is 13.6 Å². The van der Waals surface area contributed by atoms with E-state index in [2.05, 4.69) is 5.32 Å². The fourth-order valence-electron chi connectivity index (χ4n) is 2.05. The summed E-state index contributed by atoms with van der Waals surface area (Å²) in [6, 6.07) is 5.45. The van der Waals surface area contributed by atoms with Crippen LogP contribution in [0.1, 0.15) is 24.1 Å². The van der Waals surface area contributed by atoms with E-state index in [1.165, 1.54) is 0 Å². The van der Waals surface area contributed by atoms with E-state index in [0.717, 1.165) is 17.7 Å². The van der Waals surface area contributed by atoms with Gasteiger partial charge in [-0.1, -0.05) is 12.1 Å². The van der Waals surface area contributed by atoms with Crippen molar-refractivity contribution in [2.45, 2.75) is 24.3 Å². The third-order valence-electron chi connectivity index (χ3n) is 2.77. The van der Waals surface area contributed by atoms with Crippen molar-refractivity contribution in [3.63, 3.8) is 0 Å². The van der Waals surface area contributed by atoms with E-state index in [-0.39, 0.29) is 10.9 Å². The Bertz CT molecular complexity index is 482. The molecule has 0 fully saturated rings. The summed E-state index contributed by atoms with van der Waals surface area (Å²) in [4.78, 5) is 0.272. The van der Waals surface area contributed by atoms with Gasteiger partial charge in [-0.05, 0) is 37.1 Å². The van der Waals surface area contributed by atoms with Gasteiger partial charge in [0, 0.05) is 6.04 Å². The molecule has 1 heterocycles. The quantitative estimate of drug-likeness (QED) is 0.734. The molecule has 1 aliphatic rings. The first-order chi connectivity index (χ1) is 7.00. The maximum atomic E-state index is 11.4. The zero-order valence-corrected chi connectivity index (χ0v) is 9.34. The molecule has 1 atom stereocenters. The van der Waals surface area contributed by atoms with Crippen LogP contribution in [0.4, 0.5) is 0 Å². The Morgan fingerprint density at radius 1 is 1.47 bits per heavy atom. The van der Waals surface area contributed by atoms with Crippen LogP contribution in [-0.2, 0) is 16.4 Å². The molecule has 1 aromatic rings. The average molecular weight is 226 g/mol. The standard InChI is InChI=1S/C10H14N2O2S/c1-7-8-3-2-4-10(15(11,13)14)9(8)5-6-12-7/h2-4,7,12H,5-6H2,1H3,(H2,11,13,14). The minimum Gasteiger partial charge on any atom is -0.310 e. The molecule has 0 aromatic heterocycles. The highest BCUT2D eigenvalue weighted by Gasteiger charge is 2.22. The number of sulfonamides is 1. The molecule has 82 valence electrons. The largest absolute Gasteiger partial charge is 0.310 e. The van der Waals surface area contributed by atoms with Crippen LogP contribution in [0.5, 0.6) is 0 Å². The lowest BCUT2D eigenvalue weighted by atomic mass is 9.95. The monoisotopic (exact) mass is 226 g/mol. The summed E-state index contributed by atoms with van der Waals surface area (Å²) in [7, 11) is -3.60. The molecular formula is C10H14N2O2S. The van der Waals surface area contributed by atoms with Crippen molar-refractivity contribution < 1.29 is 8.42 Å². The zero-order chi connectivity index (χ0) is 11.1. The van der Waals surface area contributed by atoms with Crippen LogP contribution in [0.15, 0.2) is 23.1 Å². The van der Waals surface area contributed by atoms with E-state index in [0.29, 0.717) is 6.42 Å². The van der Waals surface area contributed by atoms with Crippen molar-refractivity contribution in [2.24, 2.45) is 5.14 Å². The molecule has 0 spiro atoms. The number of rotatable bonds is 1. The van der Waals surface area contributed by atoms with E-state index in [1.807, 2.05) is 13.0 Å². The van der Waals surface area contributed by atoms with Crippen molar-refractivity contribution in [3.05, 3.63) is 29.3 Å². The van der Waals surface area contributed by atoms with Crippen LogP contribution < -0.4 is 10.5 Å². The van der Waals surface area contributed by atoms with Gasteiger partial charge in [0.15, 0.2) is 0 Å². The fourth-order valence-corrected chi connectivity index (χ4v) is 2.88. The van der Waals surface area contributed by atoms with Gasteiger partial charge in [0.1, 0.15) is 0 Å². The minimum atomic E-state index is -3.60. The molecule has 15 heavy (non-hydrogen) atoms. The van der Waals surface area contributed by atoms with Gasteiger partial charge in [-0.15, -0.1) is 0 Å². The van der Waals surface area contributed by atoms with Crippen LogP contribution in [0.25, 0.3) is 0 Å². The Morgan fingerprint density at radius 3 is 2.87 bits per heavy atom. The van der Waals surface area contributed by atoms with Crippen LogP contribution >= 0.6 is 0 Å². The average Bonchev–Trinajstić information content (AvgIpc) is 2.16. The smallest absolute Gasteiger partial charge is 0.238 e. The summed E-state index contributed by atoms with van der Waals surface area (Å²) < 4.78 is 22.7. The third kappa shape index (κ3) is 1.90. The molecule has 0 radical (unpaired) electrons. The molecule has 0 saturated heterocycles. The number of fused-ring (bicyclic) bond motifs is 1. The summed E-state index contributed by atoms with van der Waals surface area (Å²) in [5.74, 6) is 0. The van der Waals surface area contributed by atoms with Gasteiger partial charge >= 0.3 is 0 Å². The van der Waals surface area contributed by atoms with E-state index in [9.17, 15) is 8.42 Å². The van der Waals surface area contributed by atoms with Crippen molar-refractivity contribution >= 4 is 10.0 Å². The number of nitrogens with two attached hydrogens (primary N) is 1. The van der Waals surface area contributed by atoms with E-state index >= 15 is 0 Å². The number of hydrogen-bond acceptors (Lipinski definition) is 3. The lowest BCUT2D eigenvalue weighted by Gasteiger charge is -2.25. The number of benzene rings is 1. The SMILES string of the molecule is CC1NCCc2c1cccc2S(N)(=O)=O. The molecule has 0 bridgehead atoms. The van der Waals surface area contributed by atoms with Crippen LogP contribution in [0.2, 0.25) is 0 Å². The first-order valence-electron chi connectivity index (χ1n) is 4.88. The van der Waals surface area contributed by atoms with Gasteiger partial charge in [0.2, 0.25) is 10.0 Å². The summed E-state index contributed by atoms with van der Waals surface area (Å²) in [5, 5.41) is 8.46. The molecule has 0 saturated carbocycles. The molecule has 1 aliphatic heterocycles. The van der Waals surface area contributed by atoms with Crippen LogP contribution in [0, 0.1) is 0 Å². The van der Waals surface area contributed by atoms with Crippen molar-refractivity contribution in [1.29, 1.82) is 0 Å². The Labute approximate surface area is 89.5 Å². The van der Waals surface area contributed by atoms with Gasteiger partial charge in [-0.2, -0.15) is 0 Å². The van der Waals surface area contributed by atoms with Gasteiger partial charge in [-0.3, -0.25) is 0 Å². The lowest BCUT2D eigenvalue weighted by molar-refractivity contribution is 0.533. The molecule has 1 aromatic carbocycles. The second-order valence-corrected chi connectivity index (χ2v) is 5.32. The number of primary sulfonamides is 1. The minimum absolute atomic E-state index is 0.190. The van der Waals surface area contributed by atoms with E-state index < -0.39 is 10.0 Å². The maximum Gasteiger partial charge on any atom is 0.238 e. The molecule has 2 rings (SSSR count). The normalized spacial score (nSPS) is 21.1. The zero-order valence-electron chi connectivity index (χ0n) is 8.53.